The monoisotopic (exact) mass is 351 g/mol. The Kier molecular flexibility index (Phi) is 7.42. The van der Waals surface area contributed by atoms with Crippen molar-refractivity contribution >= 4 is 18.0 Å². The summed E-state index contributed by atoms with van der Waals surface area (Å²) in [5.41, 5.74) is -0.0364. The van der Waals surface area contributed by atoms with Crippen LogP contribution in [0.4, 0.5) is 4.79 Å². The Morgan fingerprint density at radius 1 is 1.04 bits per heavy atom. The lowest BCUT2D eigenvalue weighted by Crippen LogP contribution is -2.46. The predicted molar refractivity (Wildman–Crippen MR) is 90.7 cm³/mol. The Labute approximate surface area is 147 Å². The first-order valence-corrected chi connectivity index (χ1v) is 7.93. The molecule has 0 bridgehead atoms. The Morgan fingerprint density at radius 2 is 1.64 bits per heavy atom. The molecule has 0 radical (unpaired) electrons. The van der Waals surface area contributed by atoms with E-state index < -0.39 is 35.8 Å². The fraction of sp³-hybridized carbons (Fsp3) is 0.500. The Morgan fingerprint density at radius 3 is 2.12 bits per heavy atom. The molecule has 1 rings (SSSR count). The lowest BCUT2D eigenvalue weighted by molar-refractivity contribution is -0.151. The number of rotatable bonds is 6. The highest BCUT2D eigenvalue weighted by Gasteiger charge is 2.30. The van der Waals surface area contributed by atoms with Gasteiger partial charge in [-0.1, -0.05) is 30.3 Å². The number of ether oxygens (including phenoxy) is 3. The smallest absolute Gasteiger partial charge is 0.408 e. The second-order valence-corrected chi connectivity index (χ2v) is 6.50. The Balaban J connectivity index is 3.04. The third-order valence-corrected chi connectivity index (χ3v) is 2.95. The van der Waals surface area contributed by atoms with Crippen LogP contribution in [-0.2, 0) is 23.8 Å². The molecule has 0 aliphatic heterocycles. The van der Waals surface area contributed by atoms with Crippen molar-refractivity contribution in [1.29, 1.82) is 0 Å². The van der Waals surface area contributed by atoms with Gasteiger partial charge < -0.3 is 19.5 Å². The molecule has 7 heteroatoms. The van der Waals surface area contributed by atoms with E-state index in [9.17, 15) is 14.4 Å². The lowest BCUT2D eigenvalue weighted by Gasteiger charge is -2.29. The molecule has 0 aromatic heterocycles. The zero-order valence-electron chi connectivity index (χ0n) is 15.2. The number of alkyl carbamates (subject to hydrolysis) is 1. The normalized spacial score (nSPS) is 13.3. The van der Waals surface area contributed by atoms with Crippen molar-refractivity contribution < 1.29 is 28.6 Å². The van der Waals surface area contributed by atoms with Gasteiger partial charge in [0, 0.05) is 13.8 Å². The molecule has 0 fully saturated rings. The number of nitrogens with one attached hydrogen (secondary N) is 1. The van der Waals surface area contributed by atoms with Gasteiger partial charge in [0.25, 0.3) is 0 Å². The van der Waals surface area contributed by atoms with Crippen LogP contribution in [0.5, 0.6) is 0 Å². The number of hydrogen-bond acceptors (Lipinski definition) is 6. The van der Waals surface area contributed by atoms with Crippen LogP contribution in [0.2, 0.25) is 0 Å². The second kappa shape index (κ2) is 9.05. The molecular formula is C18H25NO6. The van der Waals surface area contributed by atoms with Crippen molar-refractivity contribution in [1.82, 2.24) is 5.32 Å². The molecule has 0 aliphatic carbocycles. The van der Waals surface area contributed by atoms with Gasteiger partial charge in [-0.2, -0.15) is 0 Å². The van der Waals surface area contributed by atoms with Crippen molar-refractivity contribution in [2.75, 3.05) is 6.61 Å². The maximum atomic E-state index is 12.1. The summed E-state index contributed by atoms with van der Waals surface area (Å²) in [7, 11) is 0. The first kappa shape index (κ1) is 20.5. The molecule has 7 nitrogen and oxygen atoms in total. The van der Waals surface area contributed by atoms with Crippen LogP contribution >= 0.6 is 0 Å². The summed E-state index contributed by atoms with van der Waals surface area (Å²) in [5.74, 6) is -1.03. The summed E-state index contributed by atoms with van der Waals surface area (Å²) in [6, 6.07) is 8.09. The number of carbonyl (C=O) groups excluding carboxylic acids is 3. The summed E-state index contributed by atoms with van der Waals surface area (Å²) in [5, 5.41) is 2.62. The van der Waals surface area contributed by atoms with E-state index >= 15 is 0 Å². The number of esters is 2. The molecule has 0 spiro atoms. The first-order valence-electron chi connectivity index (χ1n) is 7.93. The van der Waals surface area contributed by atoms with Crippen molar-refractivity contribution in [2.24, 2.45) is 0 Å². The van der Waals surface area contributed by atoms with E-state index in [1.807, 2.05) is 6.07 Å². The SMILES string of the molecule is CC(=O)OC[C@@H](NC(=O)OC(C)(C)C)[C@H](OC(C)=O)c1ccccc1. The molecule has 1 amide bonds. The zero-order valence-corrected chi connectivity index (χ0v) is 15.2. The van der Waals surface area contributed by atoms with Gasteiger partial charge in [-0.05, 0) is 26.3 Å². The van der Waals surface area contributed by atoms with E-state index in [4.69, 9.17) is 14.2 Å². The average molecular weight is 351 g/mol. The van der Waals surface area contributed by atoms with Crippen LogP contribution in [0.1, 0.15) is 46.3 Å². The maximum absolute atomic E-state index is 12.1. The van der Waals surface area contributed by atoms with Gasteiger partial charge in [0.1, 0.15) is 18.2 Å². The van der Waals surface area contributed by atoms with Crippen molar-refractivity contribution in [3.63, 3.8) is 0 Å². The minimum absolute atomic E-state index is 0.165. The minimum atomic E-state index is -0.828. The van der Waals surface area contributed by atoms with Crippen molar-refractivity contribution in [2.45, 2.75) is 52.4 Å². The minimum Gasteiger partial charge on any atom is -0.464 e. The molecule has 1 aromatic rings. The van der Waals surface area contributed by atoms with Crippen LogP contribution in [0, 0.1) is 0 Å². The third kappa shape index (κ3) is 8.19. The van der Waals surface area contributed by atoms with E-state index in [1.165, 1.54) is 13.8 Å². The largest absolute Gasteiger partial charge is 0.464 e. The van der Waals surface area contributed by atoms with E-state index in [-0.39, 0.29) is 6.61 Å². The molecule has 0 heterocycles. The van der Waals surface area contributed by atoms with Crippen LogP contribution < -0.4 is 5.32 Å². The molecule has 0 saturated carbocycles. The van der Waals surface area contributed by atoms with Gasteiger partial charge in [-0.25, -0.2) is 4.79 Å². The summed E-state index contributed by atoms with van der Waals surface area (Å²) < 4.78 is 15.6. The fourth-order valence-corrected chi connectivity index (χ4v) is 2.07. The molecule has 1 N–H and O–H groups in total. The number of amides is 1. The standard InChI is InChI=1S/C18H25NO6/c1-12(20)23-11-15(19-17(22)25-18(3,4)5)16(24-13(2)21)14-9-7-6-8-10-14/h6-10,15-16H,11H2,1-5H3,(H,19,22)/t15-,16-/m1/s1. The van der Waals surface area contributed by atoms with E-state index in [1.54, 1.807) is 45.0 Å². The highest BCUT2D eigenvalue weighted by atomic mass is 16.6. The molecular weight excluding hydrogens is 326 g/mol. The Hall–Kier alpha value is -2.57. The van der Waals surface area contributed by atoms with Gasteiger partial charge in [0.2, 0.25) is 0 Å². The van der Waals surface area contributed by atoms with Gasteiger partial charge in [0.15, 0.2) is 6.10 Å². The number of hydrogen-bond donors (Lipinski definition) is 1. The van der Waals surface area contributed by atoms with Gasteiger partial charge in [-0.3, -0.25) is 9.59 Å². The highest BCUT2D eigenvalue weighted by molar-refractivity contribution is 5.69. The average Bonchev–Trinajstić information content (AvgIpc) is 2.48. The van der Waals surface area contributed by atoms with E-state index in [2.05, 4.69) is 5.32 Å². The van der Waals surface area contributed by atoms with Crippen molar-refractivity contribution in [3.05, 3.63) is 35.9 Å². The number of carbonyl (C=O) groups is 3. The maximum Gasteiger partial charge on any atom is 0.408 e. The van der Waals surface area contributed by atoms with Crippen LogP contribution in [0.15, 0.2) is 30.3 Å². The van der Waals surface area contributed by atoms with Gasteiger partial charge in [0.05, 0.1) is 0 Å². The quantitative estimate of drug-likeness (QED) is 0.626. The zero-order chi connectivity index (χ0) is 19.0. The summed E-state index contributed by atoms with van der Waals surface area (Å²) >= 11 is 0. The fourth-order valence-electron chi connectivity index (χ4n) is 2.07. The van der Waals surface area contributed by atoms with E-state index in [0.29, 0.717) is 5.56 Å². The molecule has 2 atom stereocenters. The first-order chi connectivity index (χ1) is 11.6. The van der Waals surface area contributed by atoms with Crippen molar-refractivity contribution in [3.8, 4) is 0 Å². The van der Waals surface area contributed by atoms with Crippen LogP contribution in [0.3, 0.4) is 0 Å². The molecule has 1 aromatic carbocycles. The van der Waals surface area contributed by atoms with Crippen LogP contribution in [-0.4, -0.2) is 36.3 Å². The second-order valence-electron chi connectivity index (χ2n) is 6.50. The molecule has 25 heavy (non-hydrogen) atoms. The lowest BCUT2D eigenvalue weighted by atomic mass is 10.0. The summed E-state index contributed by atoms with van der Waals surface area (Å²) in [6.07, 6.45) is -1.52. The third-order valence-electron chi connectivity index (χ3n) is 2.95. The summed E-state index contributed by atoms with van der Waals surface area (Å²) in [4.78, 5) is 34.8. The molecule has 138 valence electrons. The summed E-state index contributed by atoms with van der Waals surface area (Å²) in [6.45, 7) is 7.55. The molecule has 0 saturated heterocycles. The Bertz CT molecular complexity index is 593. The van der Waals surface area contributed by atoms with Crippen LogP contribution in [0.25, 0.3) is 0 Å². The molecule has 0 unspecified atom stereocenters. The van der Waals surface area contributed by atoms with Gasteiger partial charge >= 0.3 is 18.0 Å². The number of benzene rings is 1. The highest BCUT2D eigenvalue weighted by Crippen LogP contribution is 2.22. The molecule has 0 aliphatic rings. The van der Waals surface area contributed by atoms with Gasteiger partial charge in [-0.15, -0.1) is 0 Å². The topological polar surface area (TPSA) is 90.9 Å². The van der Waals surface area contributed by atoms with E-state index in [0.717, 1.165) is 0 Å². The predicted octanol–water partition coefficient (Wildman–Crippen LogP) is 2.75.